The number of hydrogen-bond acceptors (Lipinski definition) is 2. The standard InChI is InChI=1S/C9H12F5N3/c10-8(11)17-5-4-16-7(17)6-15-3-1-2-9(12,13)14/h4-5,8,15H,1-3,6H2. The minimum Gasteiger partial charge on any atom is -0.310 e. The maximum Gasteiger partial charge on any atom is 0.389 e. The van der Waals surface area contributed by atoms with Gasteiger partial charge in [-0.25, -0.2) is 4.98 Å². The van der Waals surface area contributed by atoms with Gasteiger partial charge in [0.1, 0.15) is 5.82 Å². The van der Waals surface area contributed by atoms with E-state index in [0.29, 0.717) is 4.57 Å². The number of rotatable bonds is 6. The molecule has 1 heterocycles. The van der Waals surface area contributed by atoms with Crippen molar-refractivity contribution in [3.63, 3.8) is 0 Å². The van der Waals surface area contributed by atoms with Gasteiger partial charge in [-0.15, -0.1) is 0 Å². The van der Waals surface area contributed by atoms with Gasteiger partial charge in [0, 0.05) is 18.8 Å². The van der Waals surface area contributed by atoms with Crippen LogP contribution in [0.2, 0.25) is 0 Å². The minimum absolute atomic E-state index is 0.0230. The zero-order chi connectivity index (χ0) is 12.9. The highest BCUT2D eigenvalue weighted by molar-refractivity contribution is 4.92. The van der Waals surface area contributed by atoms with Gasteiger partial charge in [0.15, 0.2) is 0 Å². The molecule has 0 aliphatic carbocycles. The van der Waals surface area contributed by atoms with Crippen LogP contribution in [0.5, 0.6) is 0 Å². The molecule has 1 aromatic rings. The Labute approximate surface area is 94.6 Å². The number of hydrogen-bond donors (Lipinski definition) is 1. The molecule has 1 aromatic heterocycles. The molecule has 1 N–H and O–H groups in total. The van der Waals surface area contributed by atoms with Crippen molar-refractivity contribution >= 4 is 0 Å². The number of nitrogens with one attached hydrogen (secondary N) is 1. The van der Waals surface area contributed by atoms with Gasteiger partial charge in [-0.3, -0.25) is 4.57 Å². The SMILES string of the molecule is FC(F)n1ccnc1CNCCCC(F)(F)F. The van der Waals surface area contributed by atoms with E-state index in [4.69, 9.17) is 0 Å². The monoisotopic (exact) mass is 257 g/mol. The molecule has 0 aliphatic heterocycles. The molecule has 0 saturated heterocycles. The van der Waals surface area contributed by atoms with Crippen molar-refractivity contribution in [1.29, 1.82) is 0 Å². The second-order valence-corrected chi connectivity index (χ2v) is 3.42. The number of aromatic nitrogens is 2. The van der Waals surface area contributed by atoms with Crippen molar-refractivity contribution in [3.8, 4) is 0 Å². The summed E-state index contributed by atoms with van der Waals surface area (Å²) in [6.07, 6.45) is -2.80. The molecular weight excluding hydrogens is 245 g/mol. The second kappa shape index (κ2) is 5.95. The highest BCUT2D eigenvalue weighted by atomic mass is 19.4. The third-order valence-corrected chi connectivity index (χ3v) is 2.06. The number of alkyl halides is 5. The molecule has 0 amide bonds. The third kappa shape index (κ3) is 5.12. The smallest absolute Gasteiger partial charge is 0.310 e. The summed E-state index contributed by atoms with van der Waals surface area (Å²) >= 11 is 0. The second-order valence-electron chi connectivity index (χ2n) is 3.42. The van der Waals surface area contributed by atoms with Crippen LogP contribution in [0.4, 0.5) is 22.0 Å². The molecule has 0 radical (unpaired) electrons. The van der Waals surface area contributed by atoms with Crippen LogP contribution in [0.3, 0.4) is 0 Å². The Balaban J connectivity index is 2.25. The molecule has 0 spiro atoms. The minimum atomic E-state index is -4.18. The van der Waals surface area contributed by atoms with Gasteiger partial charge >= 0.3 is 12.7 Å². The summed E-state index contributed by atoms with van der Waals surface area (Å²) in [7, 11) is 0. The lowest BCUT2D eigenvalue weighted by Crippen LogP contribution is -2.20. The lowest BCUT2D eigenvalue weighted by molar-refractivity contribution is -0.135. The average molecular weight is 257 g/mol. The van der Waals surface area contributed by atoms with Crippen molar-refractivity contribution in [1.82, 2.24) is 14.9 Å². The zero-order valence-electron chi connectivity index (χ0n) is 8.84. The van der Waals surface area contributed by atoms with Gasteiger partial charge in [-0.05, 0) is 13.0 Å². The topological polar surface area (TPSA) is 29.9 Å². The Morgan fingerprint density at radius 3 is 2.65 bits per heavy atom. The molecule has 3 nitrogen and oxygen atoms in total. The van der Waals surface area contributed by atoms with Gasteiger partial charge < -0.3 is 5.32 Å². The van der Waals surface area contributed by atoms with Crippen LogP contribution in [0.15, 0.2) is 12.4 Å². The largest absolute Gasteiger partial charge is 0.389 e. The molecule has 17 heavy (non-hydrogen) atoms. The summed E-state index contributed by atoms with van der Waals surface area (Å²) in [4.78, 5) is 3.68. The van der Waals surface area contributed by atoms with Crippen molar-refractivity contribution in [2.24, 2.45) is 0 Å². The summed E-state index contributed by atoms with van der Waals surface area (Å²) < 4.78 is 60.7. The van der Waals surface area contributed by atoms with Crippen molar-refractivity contribution in [3.05, 3.63) is 18.2 Å². The summed E-state index contributed by atoms with van der Waals surface area (Å²) in [6.45, 7) is -2.56. The Morgan fingerprint density at radius 2 is 2.06 bits per heavy atom. The fourth-order valence-corrected chi connectivity index (χ4v) is 1.27. The van der Waals surface area contributed by atoms with Crippen molar-refractivity contribution < 1.29 is 22.0 Å². The molecule has 0 bridgehead atoms. The molecule has 1 rings (SSSR count). The van der Waals surface area contributed by atoms with E-state index in [1.807, 2.05) is 0 Å². The van der Waals surface area contributed by atoms with E-state index < -0.39 is 19.1 Å². The van der Waals surface area contributed by atoms with Crippen LogP contribution >= 0.6 is 0 Å². The Hall–Kier alpha value is -1.18. The molecular formula is C9H12F5N3. The predicted molar refractivity (Wildman–Crippen MR) is 50.5 cm³/mol. The quantitative estimate of drug-likeness (QED) is 0.627. The van der Waals surface area contributed by atoms with Gasteiger partial charge in [-0.2, -0.15) is 22.0 Å². The van der Waals surface area contributed by atoms with Crippen molar-refractivity contribution in [2.75, 3.05) is 6.54 Å². The average Bonchev–Trinajstić information content (AvgIpc) is 2.63. The Morgan fingerprint density at radius 1 is 1.35 bits per heavy atom. The summed E-state index contributed by atoms with van der Waals surface area (Å²) in [5.74, 6) is 0.104. The maximum atomic E-state index is 12.3. The first-order chi connectivity index (χ1) is 7.90. The molecule has 0 fully saturated rings. The molecule has 8 heteroatoms. The first-order valence-electron chi connectivity index (χ1n) is 4.97. The molecule has 0 aliphatic rings. The van der Waals surface area contributed by atoms with Crippen LogP contribution in [0, 0.1) is 0 Å². The van der Waals surface area contributed by atoms with Crippen molar-refractivity contribution in [2.45, 2.75) is 32.1 Å². The van der Waals surface area contributed by atoms with Crippen LogP contribution < -0.4 is 5.32 Å². The number of imidazole rings is 1. The highest BCUT2D eigenvalue weighted by Crippen LogP contribution is 2.20. The Bertz CT molecular complexity index is 334. The van der Waals surface area contributed by atoms with E-state index in [1.54, 1.807) is 0 Å². The molecule has 0 unspecified atom stereocenters. The first kappa shape index (κ1) is 13.9. The van der Waals surface area contributed by atoms with E-state index in [1.165, 1.54) is 6.20 Å². The lowest BCUT2D eigenvalue weighted by Gasteiger charge is -2.08. The van der Waals surface area contributed by atoms with Gasteiger partial charge in [0.2, 0.25) is 0 Å². The van der Waals surface area contributed by atoms with Crippen LogP contribution in [0.25, 0.3) is 0 Å². The lowest BCUT2D eigenvalue weighted by atomic mass is 10.3. The van der Waals surface area contributed by atoms with E-state index in [-0.39, 0.29) is 25.3 Å². The van der Waals surface area contributed by atoms with E-state index in [9.17, 15) is 22.0 Å². The van der Waals surface area contributed by atoms with E-state index in [0.717, 1.165) is 6.20 Å². The third-order valence-electron chi connectivity index (χ3n) is 2.06. The molecule has 0 atom stereocenters. The van der Waals surface area contributed by atoms with Crippen LogP contribution in [-0.2, 0) is 6.54 Å². The Kier molecular flexibility index (Phi) is 4.86. The molecule has 0 aromatic carbocycles. The normalized spacial score (nSPS) is 12.4. The van der Waals surface area contributed by atoms with Gasteiger partial charge in [-0.1, -0.05) is 0 Å². The van der Waals surface area contributed by atoms with E-state index in [2.05, 4.69) is 10.3 Å². The summed E-state index contributed by atoms with van der Waals surface area (Å²) in [5.41, 5.74) is 0. The summed E-state index contributed by atoms with van der Waals surface area (Å²) in [6, 6.07) is 0. The fourth-order valence-electron chi connectivity index (χ4n) is 1.27. The number of halogens is 5. The highest BCUT2D eigenvalue weighted by Gasteiger charge is 2.25. The zero-order valence-corrected chi connectivity index (χ0v) is 8.84. The number of nitrogens with zero attached hydrogens (tertiary/aromatic N) is 2. The molecule has 0 saturated carbocycles. The molecule has 98 valence electrons. The summed E-state index contributed by atoms with van der Waals surface area (Å²) in [5, 5.41) is 2.64. The van der Waals surface area contributed by atoms with Crippen LogP contribution in [0.1, 0.15) is 25.2 Å². The van der Waals surface area contributed by atoms with Gasteiger partial charge in [0.25, 0.3) is 0 Å². The van der Waals surface area contributed by atoms with Gasteiger partial charge in [0.05, 0.1) is 6.54 Å². The van der Waals surface area contributed by atoms with Crippen LogP contribution in [-0.4, -0.2) is 22.3 Å². The fraction of sp³-hybridized carbons (Fsp3) is 0.667. The predicted octanol–water partition coefficient (Wildman–Crippen LogP) is 2.71. The van der Waals surface area contributed by atoms with E-state index >= 15 is 0 Å². The first-order valence-corrected chi connectivity index (χ1v) is 4.97. The maximum absolute atomic E-state index is 12.3.